The molecule has 2 N–H and O–H groups in total. The summed E-state index contributed by atoms with van der Waals surface area (Å²) in [5.74, 6) is 0.525. The van der Waals surface area contributed by atoms with Crippen LogP contribution in [0.5, 0.6) is 0 Å². The zero-order valence-electron chi connectivity index (χ0n) is 9.60. The minimum Gasteiger partial charge on any atom is -0.453 e. The largest absolute Gasteiger partial charge is 0.453 e. The van der Waals surface area contributed by atoms with Crippen LogP contribution in [0.4, 0.5) is 0 Å². The predicted molar refractivity (Wildman–Crippen MR) is 68.3 cm³/mol. The van der Waals surface area contributed by atoms with Crippen molar-refractivity contribution in [2.45, 2.75) is 0 Å². The lowest BCUT2D eigenvalue weighted by Crippen LogP contribution is -2.19. The third-order valence-corrected chi connectivity index (χ3v) is 2.83. The summed E-state index contributed by atoms with van der Waals surface area (Å²) in [4.78, 5) is 34.1. The normalized spacial score (nSPS) is 10.7. The van der Waals surface area contributed by atoms with Crippen molar-refractivity contribution in [2.24, 2.45) is 0 Å². The lowest BCUT2D eigenvalue weighted by atomic mass is 10.1. The maximum absolute atomic E-state index is 11.9. The van der Waals surface area contributed by atoms with Crippen LogP contribution in [0, 0.1) is 0 Å². The summed E-state index contributed by atoms with van der Waals surface area (Å²) in [5, 5.41) is 5.03. The van der Waals surface area contributed by atoms with Crippen molar-refractivity contribution in [3.05, 3.63) is 56.8 Å². The first-order valence-electron chi connectivity index (χ1n) is 5.50. The number of carbonyl (C=O) groups is 1. The van der Waals surface area contributed by atoms with Crippen LogP contribution < -0.4 is 11.1 Å². The van der Waals surface area contributed by atoms with Crippen LogP contribution in [0.25, 0.3) is 22.1 Å². The molecular weight excluding hydrogens is 248 g/mol. The van der Waals surface area contributed by atoms with Gasteiger partial charge in [0.2, 0.25) is 0 Å². The second-order valence-corrected chi connectivity index (χ2v) is 3.96. The van der Waals surface area contributed by atoms with Crippen molar-refractivity contribution < 1.29 is 9.21 Å². The molecule has 0 aliphatic carbocycles. The number of aromatic nitrogens is 2. The average Bonchev–Trinajstić information content (AvgIpc) is 2.91. The highest BCUT2D eigenvalue weighted by Crippen LogP contribution is 2.26. The molecular formula is C13H8N2O4. The summed E-state index contributed by atoms with van der Waals surface area (Å²) in [7, 11) is 0. The van der Waals surface area contributed by atoms with Crippen molar-refractivity contribution in [1.82, 2.24) is 10.2 Å². The number of hydrogen-bond acceptors (Lipinski definition) is 4. The van der Waals surface area contributed by atoms with Crippen molar-refractivity contribution in [3.63, 3.8) is 0 Å². The van der Waals surface area contributed by atoms with Crippen LogP contribution in [-0.2, 0) is 0 Å². The Balaban J connectivity index is 2.42. The summed E-state index contributed by atoms with van der Waals surface area (Å²) in [6.07, 6.45) is 0.575. The highest BCUT2D eigenvalue weighted by atomic mass is 16.3. The minimum atomic E-state index is -0.422. The number of fused-ring (bicyclic) bond motifs is 1. The van der Waals surface area contributed by atoms with Gasteiger partial charge < -0.3 is 4.42 Å². The summed E-state index contributed by atoms with van der Waals surface area (Å²) in [5.41, 5.74) is -0.342. The van der Waals surface area contributed by atoms with Gasteiger partial charge in [-0.25, -0.2) is 0 Å². The fourth-order valence-electron chi connectivity index (χ4n) is 2.00. The van der Waals surface area contributed by atoms with Gasteiger partial charge in [-0.05, 0) is 18.2 Å². The highest BCUT2D eigenvalue weighted by molar-refractivity contribution is 5.94. The maximum atomic E-state index is 11.9. The Bertz CT molecular complexity index is 885. The fourth-order valence-corrected chi connectivity index (χ4v) is 2.00. The Hall–Kier alpha value is -2.89. The molecule has 3 rings (SSSR count). The van der Waals surface area contributed by atoms with Crippen molar-refractivity contribution in [3.8, 4) is 11.3 Å². The van der Waals surface area contributed by atoms with Crippen molar-refractivity contribution in [1.29, 1.82) is 0 Å². The van der Waals surface area contributed by atoms with Gasteiger partial charge in [-0.1, -0.05) is 12.1 Å². The van der Waals surface area contributed by atoms with E-state index in [4.69, 9.17) is 4.42 Å². The number of aldehydes is 1. The Morgan fingerprint density at radius 1 is 1.00 bits per heavy atom. The number of nitrogens with one attached hydrogen (secondary N) is 2. The average molecular weight is 256 g/mol. The molecule has 94 valence electrons. The molecule has 0 saturated heterocycles. The first kappa shape index (κ1) is 11.2. The van der Waals surface area contributed by atoms with E-state index in [0.717, 1.165) is 0 Å². The molecule has 2 heterocycles. The number of benzene rings is 1. The topological polar surface area (TPSA) is 95.9 Å². The zero-order valence-corrected chi connectivity index (χ0v) is 9.60. The number of H-pyrrole nitrogens is 2. The molecule has 3 aromatic rings. The molecule has 0 spiro atoms. The number of aromatic amines is 2. The lowest BCUT2D eigenvalue weighted by molar-refractivity contribution is 0.110. The standard InChI is InChI=1S/C13H8N2O4/c16-6-7-4-5-10(19-7)8-2-1-3-9-11(8)13(18)15-14-12(9)17/h1-6H,(H,14,17)(H,15,18). The summed E-state index contributed by atoms with van der Waals surface area (Å²) in [6.45, 7) is 0. The summed E-state index contributed by atoms with van der Waals surface area (Å²) >= 11 is 0. The van der Waals surface area contributed by atoms with Crippen LogP contribution >= 0.6 is 0 Å². The molecule has 1 aromatic carbocycles. The predicted octanol–water partition coefficient (Wildman–Crippen LogP) is 1.29. The van der Waals surface area contributed by atoms with Crippen LogP contribution in [0.1, 0.15) is 10.6 Å². The molecule has 0 fully saturated rings. The molecule has 6 heteroatoms. The van der Waals surface area contributed by atoms with E-state index in [0.29, 0.717) is 17.6 Å². The van der Waals surface area contributed by atoms with E-state index in [1.54, 1.807) is 24.3 Å². The molecule has 0 amide bonds. The molecule has 6 nitrogen and oxygen atoms in total. The molecule has 0 aliphatic heterocycles. The minimum absolute atomic E-state index is 0.160. The molecule has 2 aromatic heterocycles. The molecule has 19 heavy (non-hydrogen) atoms. The second-order valence-electron chi connectivity index (χ2n) is 3.96. The Labute approximate surface area is 105 Å². The first-order chi connectivity index (χ1) is 9.20. The Morgan fingerprint density at radius 3 is 2.53 bits per heavy atom. The molecule has 0 atom stereocenters. The van der Waals surface area contributed by atoms with Crippen LogP contribution in [0.2, 0.25) is 0 Å². The van der Waals surface area contributed by atoms with Crippen LogP contribution in [0.15, 0.2) is 44.3 Å². The quantitative estimate of drug-likeness (QED) is 0.675. The van der Waals surface area contributed by atoms with E-state index < -0.39 is 11.1 Å². The van der Waals surface area contributed by atoms with Gasteiger partial charge in [0.05, 0.1) is 10.8 Å². The number of rotatable bonds is 2. The van der Waals surface area contributed by atoms with Gasteiger partial charge in [0.1, 0.15) is 5.76 Å². The third-order valence-electron chi connectivity index (χ3n) is 2.83. The SMILES string of the molecule is O=Cc1ccc(-c2cccc3c(=O)[nH][nH]c(=O)c23)o1. The van der Waals surface area contributed by atoms with E-state index in [-0.39, 0.29) is 16.5 Å². The van der Waals surface area contributed by atoms with Crippen LogP contribution in [0.3, 0.4) is 0 Å². The fraction of sp³-hybridized carbons (Fsp3) is 0. The maximum Gasteiger partial charge on any atom is 0.271 e. The van der Waals surface area contributed by atoms with Gasteiger partial charge in [-0.2, -0.15) is 0 Å². The van der Waals surface area contributed by atoms with Crippen molar-refractivity contribution in [2.75, 3.05) is 0 Å². The Morgan fingerprint density at radius 2 is 1.79 bits per heavy atom. The number of hydrogen-bond donors (Lipinski definition) is 2. The second kappa shape index (κ2) is 4.09. The first-order valence-corrected chi connectivity index (χ1v) is 5.50. The van der Waals surface area contributed by atoms with Gasteiger partial charge >= 0.3 is 0 Å². The van der Waals surface area contributed by atoms with Gasteiger partial charge in [0, 0.05) is 5.56 Å². The summed E-state index contributed by atoms with van der Waals surface area (Å²) < 4.78 is 5.29. The molecule has 0 bridgehead atoms. The number of furan rings is 1. The third kappa shape index (κ3) is 1.70. The number of carbonyl (C=O) groups excluding carboxylic acids is 1. The molecule has 0 radical (unpaired) electrons. The Kier molecular flexibility index (Phi) is 2.42. The lowest BCUT2D eigenvalue weighted by Gasteiger charge is -2.01. The molecule has 0 saturated carbocycles. The van der Waals surface area contributed by atoms with Gasteiger partial charge in [0.15, 0.2) is 12.0 Å². The zero-order chi connectivity index (χ0) is 13.4. The van der Waals surface area contributed by atoms with E-state index in [9.17, 15) is 14.4 Å². The van der Waals surface area contributed by atoms with E-state index >= 15 is 0 Å². The van der Waals surface area contributed by atoms with E-state index in [1.165, 1.54) is 6.07 Å². The molecule has 0 aliphatic rings. The smallest absolute Gasteiger partial charge is 0.271 e. The van der Waals surface area contributed by atoms with Crippen LogP contribution in [-0.4, -0.2) is 16.5 Å². The van der Waals surface area contributed by atoms with E-state index in [1.807, 2.05) is 0 Å². The van der Waals surface area contributed by atoms with Gasteiger partial charge in [-0.3, -0.25) is 24.6 Å². The highest BCUT2D eigenvalue weighted by Gasteiger charge is 2.12. The monoisotopic (exact) mass is 256 g/mol. The van der Waals surface area contributed by atoms with E-state index in [2.05, 4.69) is 10.2 Å². The molecule has 0 unspecified atom stereocenters. The van der Waals surface area contributed by atoms with Gasteiger partial charge in [0.25, 0.3) is 11.1 Å². The summed E-state index contributed by atoms with van der Waals surface area (Å²) in [6, 6.07) is 7.94. The van der Waals surface area contributed by atoms with Gasteiger partial charge in [-0.15, -0.1) is 0 Å². The van der Waals surface area contributed by atoms with Crippen molar-refractivity contribution >= 4 is 17.1 Å².